The predicted molar refractivity (Wildman–Crippen MR) is 91.9 cm³/mol. The van der Waals surface area contributed by atoms with Crippen LogP contribution in [0, 0.1) is 0 Å². The number of halogens is 2. The average Bonchev–Trinajstić information content (AvgIpc) is 3.07. The van der Waals surface area contributed by atoms with Crippen molar-refractivity contribution in [3.05, 3.63) is 65.2 Å². The quantitative estimate of drug-likeness (QED) is 0.752. The van der Waals surface area contributed by atoms with Gasteiger partial charge in [0.25, 0.3) is 5.91 Å². The number of aromatic nitrogens is 3. The van der Waals surface area contributed by atoms with Crippen LogP contribution in [-0.4, -0.2) is 27.3 Å². The summed E-state index contributed by atoms with van der Waals surface area (Å²) < 4.78 is 6.95. The fourth-order valence-electron chi connectivity index (χ4n) is 2.03. The lowest BCUT2D eigenvalue weighted by molar-refractivity contribution is -0.118. The lowest BCUT2D eigenvalue weighted by atomic mass is 10.2. The number of nitrogens with one attached hydrogen (secondary N) is 1. The standard InChI is InChI=1S/C16H12Cl2N4O2/c17-11-2-1-3-13(6-11)24-8-16(23)21-14-7-12(18)4-5-15(14)22-10-19-9-20-22/h1-7,9-10H,8H2,(H,21,23). The van der Waals surface area contributed by atoms with Gasteiger partial charge in [0.2, 0.25) is 0 Å². The second-order valence-corrected chi connectivity index (χ2v) is 5.67. The average molecular weight is 363 g/mol. The molecule has 24 heavy (non-hydrogen) atoms. The van der Waals surface area contributed by atoms with Crippen LogP contribution in [0.2, 0.25) is 10.0 Å². The van der Waals surface area contributed by atoms with E-state index in [1.807, 2.05) is 0 Å². The van der Waals surface area contributed by atoms with E-state index in [9.17, 15) is 4.79 Å². The second-order valence-electron chi connectivity index (χ2n) is 4.80. The van der Waals surface area contributed by atoms with E-state index in [2.05, 4.69) is 15.4 Å². The Labute approximate surface area is 148 Å². The Morgan fingerprint density at radius 3 is 2.75 bits per heavy atom. The molecular formula is C16H12Cl2N4O2. The van der Waals surface area contributed by atoms with Crippen molar-refractivity contribution in [1.29, 1.82) is 0 Å². The van der Waals surface area contributed by atoms with Crippen LogP contribution in [0.4, 0.5) is 5.69 Å². The van der Waals surface area contributed by atoms with Crippen molar-refractivity contribution in [3.63, 3.8) is 0 Å². The molecule has 0 aliphatic carbocycles. The van der Waals surface area contributed by atoms with E-state index < -0.39 is 0 Å². The molecule has 0 radical (unpaired) electrons. The van der Waals surface area contributed by atoms with E-state index >= 15 is 0 Å². The molecule has 0 saturated carbocycles. The van der Waals surface area contributed by atoms with Gasteiger partial charge in [0.15, 0.2) is 6.61 Å². The normalized spacial score (nSPS) is 10.4. The third-order valence-electron chi connectivity index (χ3n) is 3.06. The molecule has 0 spiro atoms. The Kier molecular flexibility index (Phi) is 4.98. The van der Waals surface area contributed by atoms with Gasteiger partial charge >= 0.3 is 0 Å². The maximum absolute atomic E-state index is 12.1. The molecule has 0 aliphatic heterocycles. The van der Waals surface area contributed by atoms with E-state index in [-0.39, 0.29) is 12.5 Å². The molecule has 6 nitrogen and oxygen atoms in total. The molecule has 3 aromatic rings. The summed E-state index contributed by atoms with van der Waals surface area (Å²) in [5.41, 5.74) is 1.15. The minimum atomic E-state index is -0.335. The first-order chi connectivity index (χ1) is 11.6. The molecule has 2 aromatic carbocycles. The number of benzene rings is 2. The number of hydrogen-bond acceptors (Lipinski definition) is 4. The highest BCUT2D eigenvalue weighted by atomic mass is 35.5. The molecule has 122 valence electrons. The Hall–Kier alpha value is -2.57. The van der Waals surface area contributed by atoms with Gasteiger partial charge in [0, 0.05) is 10.0 Å². The zero-order valence-electron chi connectivity index (χ0n) is 12.3. The summed E-state index contributed by atoms with van der Waals surface area (Å²) in [5, 5.41) is 7.84. The summed E-state index contributed by atoms with van der Waals surface area (Å²) >= 11 is 11.9. The summed E-state index contributed by atoms with van der Waals surface area (Å²) in [6.45, 7) is -0.163. The number of nitrogens with zero attached hydrogens (tertiary/aromatic N) is 3. The summed E-state index contributed by atoms with van der Waals surface area (Å²) in [6.07, 6.45) is 2.93. The Balaban J connectivity index is 1.71. The van der Waals surface area contributed by atoms with Crippen molar-refractivity contribution in [2.45, 2.75) is 0 Å². The van der Waals surface area contributed by atoms with Crippen LogP contribution < -0.4 is 10.1 Å². The van der Waals surface area contributed by atoms with Gasteiger partial charge in [-0.1, -0.05) is 29.3 Å². The predicted octanol–water partition coefficient (Wildman–Crippen LogP) is 3.59. The third kappa shape index (κ3) is 4.04. The van der Waals surface area contributed by atoms with Crippen molar-refractivity contribution >= 4 is 34.8 Å². The van der Waals surface area contributed by atoms with Crippen molar-refractivity contribution < 1.29 is 9.53 Å². The molecule has 0 saturated heterocycles. The number of hydrogen-bond donors (Lipinski definition) is 1. The van der Waals surface area contributed by atoms with Crippen molar-refractivity contribution in [2.24, 2.45) is 0 Å². The molecular weight excluding hydrogens is 351 g/mol. The number of amides is 1. The second kappa shape index (κ2) is 7.33. The highest BCUT2D eigenvalue weighted by Crippen LogP contribution is 2.24. The van der Waals surface area contributed by atoms with Crippen molar-refractivity contribution in [1.82, 2.24) is 14.8 Å². The number of anilines is 1. The molecule has 0 aliphatic rings. The molecule has 0 bridgehead atoms. The Morgan fingerprint density at radius 2 is 2.00 bits per heavy atom. The van der Waals surface area contributed by atoms with Crippen LogP contribution in [0.15, 0.2) is 55.1 Å². The van der Waals surface area contributed by atoms with Gasteiger partial charge in [-0.2, -0.15) is 5.10 Å². The summed E-state index contributed by atoms with van der Waals surface area (Å²) in [7, 11) is 0. The van der Waals surface area contributed by atoms with Crippen LogP contribution in [0.3, 0.4) is 0 Å². The van der Waals surface area contributed by atoms with E-state index in [4.69, 9.17) is 27.9 Å². The maximum Gasteiger partial charge on any atom is 0.262 e. The monoisotopic (exact) mass is 362 g/mol. The zero-order valence-corrected chi connectivity index (χ0v) is 13.8. The maximum atomic E-state index is 12.1. The molecule has 0 atom stereocenters. The van der Waals surface area contributed by atoms with E-state index in [0.717, 1.165) is 0 Å². The van der Waals surface area contributed by atoms with Gasteiger partial charge < -0.3 is 10.1 Å². The molecule has 8 heteroatoms. The van der Waals surface area contributed by atoms with Crippen LogP contribution in [0.25, 0.3) is 5.69 Å². The van der Waals surface area contributed by atoms with Crippen LogP contribution in [0.5, 0.6) is 5.75 Å². The van der Waals surface area contributed by atoms with E-state index in [1.54, 1.807) is 42.5 Å². The first-order valence-corrected chi connectivity index (χ1v) is 7.70. The number of carbonyl (C=O) groups excluding carboxylic acids is 1. The lowest BCUT2D eigenvalue weighted by Crippen LogP contribution is -2.21. The topological polar surface area (TPSA) is 69.0 Å². The van der Waals surface area contributed by atoms with Gasteiger partial charge in [-0.3, -0.25) is 4.79 Å². The van der Waals surface area contributed by atoms with Crippen LogP contribution in [0.1, 0.15) is 0 Å². The number of rotatable bonds is 5. The fraction of sp³-hybridized carbons (Fsp3) is 0.0625. The number of carbonyl (C=O) groups is 1. The van der Waals surface area contributed by atoms with Gasteiger partial charge in [-0.15, -0.1) is 0 Å². The number of ether oxygens (including phenoxy) is 1. The summed E-state index contributed by atoms with van der Waals surface area (Å²) in [6, 6.07) is 11.9. The Morgan fingerprint density at radius 1 is 1.17 bits per heavy atom. The highest BCUT2D eigenvalue weighted by molar-refractivity contribution is 6.31. The molecule has 3 rings (SSSR count). The smallest absolute Gasteiger partial charge is 0.262 e. The molecule has 1 heterocycles. The van der Waals surface area contributed by atoms with Crippen molar-refractivity contribution in [3.8, 4) is 11.4 Å². The van der Waals surface area contributed by atoms with E-state index in [0.29, 0.717) is 27.2 Å². The third-order valence-corrected chi connectivity index (χ3v) is 3.53. The van der Waals surface area contributed by atoms with Crippen molar-refractivity contribution in [2.75, 3.05) is 11.9 Å². The largest absolute Gasteiger partial charge is 0.484 e. The molecule has 1 N–H and O–H groups in total. The van der Waals surface area contributed by atoms with Gasteiger partial charge in [0.1, 0.15) is 18.4 Å². The summed E-state index contributed by atoms with van der Waals surface area (Å²) in [4.78, 5) is 16.0. The molecule has 1 amide bonds. The lowest BCUT2D eigenvalue weighted by Gasteiger charge is -2.12. The highest BCUT2D eigenvalue weighted by Gasteiger charge is 2.11. The Bertz CT molecular complexity index is 853. The first kappa shape index (κ1) is 16.3. The van der Waals surface area contributed by atoms with Crippen LogP contribution in [-0.2, 0) is 4.79 Å². The minimum Gasteiger partial charge on any atom is -0.484 e. The molecule has 0 fully saturated rings. The molecule has 1 aromatic heterocycles. The summed E-state index contributed by atoms with van der Waals surface area (Å²) in [5.74, 6) is 0.179. The SMILES string of the molecule is O=C(COc1cccc(Cl)c1)Nc1cc(Cl)ccc1-n1cncn1. The van der Waals surface area contributed by atoms with Crippen LogP contribution >= 0.6 is 23.2 Å². The van der Waals surface area contributed by atoms with Gasteiger partial charge in [0.05, 0.1) is 11.4 Å². The minimum absolute atomic E-state index is 0.163. The van der Waals surface area contributed by atoms with E-state index in [1.165, 1.54) is 17.3 Å². The van der Waals surface area contributed by atoms with Gasteiger partial charge in [-0.25, -0.2) is 9.67 Å². The first-order valence-electron chi connectivity index (χ1n) is 6.94. The fourth-order valence-corrected chi connectivity index (χ4v) is 2.39. The molecule has 0 unspecified atom stereocenters. The zero-order chi connectivity index (χ0) is 16.9. The van der Waals surface area contributed by atoms with Gasteiger partial charge in [-0.05, 0) is 36.4 Å².